The van der Waals surface area contributed by atoms with E-state index in [0.717, 1.165) is 18.4 Å². The van der Waals surface area contributed by atoms with E-state index >= 15 is 0 Å². The van der Waals surface area contributed by atoms with E-state index < -0.39 is 0 Å². The highest BCUT2D eigenvalue weighted by Crippen LogP contribution is 2.29. The number of rotatable bonds is 5. The summed E-state index contributed by atoms with van der Waals surface area (Å²) in [6.45, 7) is 7.91. The smallest absolute Gasteiger partial charge is 0.00105 e. The molecule has 1 saturated carbocycles. The van der Waals surface area contributed by atoms with Crippen LogP contribution in [0.4, 0.5) is 0 Å². The summed E-state index contributed by atoms with van der Waals surface area (Å²) in [5.74, 6) is 1.81. The van der Waals surface area contributed by atoms with Gasteiger partial charge in [0.1, 0.15) is 0 Å². The Kier molecular flexibility index (Phi) is 6.00. The number of allylic oxidation sites excluding steroid dienone is 1. The first kappa shape index (κ1) is 12.8. The molecule has 0 aliphatic heterocycles. The molecule has 0 aromatic rings. The molecular formula is C14H27N. The molecule has 2 atom stereocenters. The van der Waals surface area contributed by atoms with Gasteiger partial charge in [0.05, 0.1) is 0 Å². The molecule has 0 bridgehead atoms. The van der Waals surface area contributed by atoms with Crippen molar-refractivity contribution in [2.75, 3.05) is 6.54 Å². The van der Waals surface area contributed by atoms with Crippen LogP contribution in [0, 0.1) is 11.8 Å². The first-order valence-electron chi connectivity index (χ1n) is 6.58. The molecule has 0 radical (unpaired) electrons. The van der Waals surface area contributed by atoms with Crippen molar-refractivity contribution in [3.05, 3.63) is 12.2 Å². The summed E-state index contributed by atoms with van der Waals surface area (Å²) in [6, 6.07) is 0.619. The first-order chi connectivity index (χ1) is 7.18. The van der Waals surface area contributed by atoms with Crippen LogP contribution in [0.5, 0.6) is 0 Å². The molecule has 0 saturated heterocycles. The van der Waals surface area contributed by atoms with Gasteiger partial charge in [-0.1, -0.05) is 45.8 Å². The summed E-state index contributed by atoms with van der Waals surface area (Å²) in [6.07, 6.45) is 11.7. The van der Waals surface area contributed by atoms with Gasteiger partial charge in [0, 0.05) is 6.04 Å². The Bertz CT molecular complexity index is 184. The Balaban J connectivity index is 2.09. The zero-order valence-electron chi connectivity index (χ0n) is 10.6. The van der Waals surface area contributed by atoms with E-state index in [0.29, 0.717) is 6.04 Å². The zero-order chi connectivity index (χ0) is 11.1. The van der Waals surface area contributed by atoms with Crippen LogP contribution in [0.1, 0.15) is 52.9 Å². The lowest BCUT2D eigenvalue weighted by molar-refractivity contribution is 0.325. The minimum Gasteiger partial charge on any atom is -0.314 e. The minimum absolute atomic E-state index is 0.619. The molecule has 1 aliphatic rings. The van der Waals surface area contributed by atoms with Crippen LogP contribution in [0.25, 0.3) is 0 Å². The lowest BCUT2D eigenvalue weighted by Crippen LogP contribution is -2.23. The minimum atomic E-state index is 0.619. The van der Waals surface area contributed by atoms with Crippen molar-refractivity contribution >= 4 is 0 Å². The predicted molar refractivity (Wildman–Crippen MR) is 68.0 cm³/mol. The zero-order valence-corrected chi connectivity index (χ0v) is 10.6. The maximum absolute atomic E-state index is 3.44. The summed E-state index contributed by atoms with van der Waals surface area (Å²) in [5.41, 5.74) is 0. The van der Waals surface area contributed by atoms with E-state index in [-0.39, 0.29) is 0 Å². The molecule has 1 heteroatoms. The molecule has 1 fully saturated rings. The fraction of sp³-hybridized carbons (Fsp3) is 0.857. The fourth-order valence-electron chi connectivity index (χ4n) is 2.40. The average molecular weight is 209 g/mol. The van der Waals surface area contributed by atoms with Crippen LogP contribution in [0.3, 0.4) is 0 Å². The van der Waals surface area contributed by atoms with Gasteiger partial charge in [-0.2, -0.15) is 0 Å². The first-order valence-corrected chi connectivity index (χ1v) is 6.58. The summed E-state index contributed by atoms with van der Waals surface area (Å²) in [4.78, 5) is 0. The highest BCUT2D eigenvalue weighted by molar-refractivity contribution is 4.91. The Morgan fingerprint density at radius 2 is 2.13 bits per heavy atom. The summed E-state index contributed by atoms with van der Waals surface area (Å²) < 4.78 is 0. The Morgan fingerprint density at radius 3 is 2.80 bits per heavy atom. The molecule has 0 aromatic heterocycles. The van der Waals surface area contributed by atoms with Gasteiger partial charge in [-0.25, -0.2) is 0 Å². The van der Waals surface area contributed by atoms with Crippen LogP contribution in [-0.2, 0) is 0 Å². The van der Waals surface area contributed by atoms with Crippen LogP contribution in [0.15, 0.2) is 12.2 Å². The lowest BCUT2D eigenvalue weighted by Gasteiger charge is -2.24. The normalized spacial score (nSPS) is 27.7. The maximum Gasteiger partial charge on any atom is 0.00105 e. The molecule has 15 heavy (non-hydrogen) atoms. The van der Waals surface area contributed by atoms with Crippen molar-refractivity contribution in [3.63, 3.8) is 0 Å². The van der Waals surface area contributed by atoms with E-state index in [1.54, 1.807) is 0 Å². The molecule has 1 nitrogen and oxygen atoms in total. The summed E-state index contributed by atoms with van der Waals surface area (Å²) in [7, 11) is 0. The van der Waals surface area contributed by atoms with E-state index in [1.165, 1.54) is 32.1 Å². The second-order valence-electron chi connectivity index (χ2n) is 5.36. The van der Waals surface area contributed by atoms with Gasteiger partial charge in [-0.15, -0.1) is 0 Å². The quantitative estimate of drug-likeness (QED) is 0.537. The summed E-state index contributed by atoms with van der Waals surface area (Å²) in [5, 5.41) is 3.44. The standard InChI is InChI=1S/C14H27N/c1-12(2)15-10-5-4-8-14-9-6-7-13(3)11-14/h4,8,12-15H,5-7,9-11H2,1-3H3. The monoisotopic (exact) mass is 209 g/mol. The van der Waals surface area contributed by atoms with Crippen LogP contribution >= 0.6 is 0 Å². The molecule has 0 spiro atoms. The third-order valence-corrected chi connectivity index (χ3v) is 3.25. The molecule has 88 valence electrons. The van der Waals surface area contributed by atoms with Gasteiger partial charge in [-0.05, 0) is 37.6 Å². The third kappa shape index (κ3) is 5.99. The van der Waals surface area contributed by atoms with Gasteiger partial charge in [-0.3, -0.25) is 0 Å². The second kappa shape index (κ2) is 7.05. The highest BCUT2D eigenvalue weighted by Gasteiger charge is 2.15. The molecule has 0 heterocycles. The molecule has 1 aliphatic carbocycles. The molecule has 0 amide bonds. The van der Waals surface area contributed by atoms with Crippen molar-refractivity contribution in [2.45, 2.75) is 58.9 Å². The van der Waals surface area contributed by atoms with E-state index in [1.807, 2.05) is 0 Å². The average Bonchev–Trinajstić information content (AvgIpc) is 2.17. The van der Waals surface area contributed by atoms with Gasteiger partial charge < -0.3 is 5.32 Å². The maximum atomic E-state index is 3.44. The van der Waals surface area contributed by atoms with Gasteiger partial charge in [0.2, 0.25) is 0 Å². The van der Waals surface area contributed by atoms with Crippen LogP contribution in [0.2, 0.25) is 0 Å². The second-order valence-corrected chi connectivity index (χ2v) is 5.36. The topological polar surface area (TPSA) is 12.0 Å². The predicted octanol–water partition coefficient (Wildman–Crippen LogP) is 3.76. The van der Waals surface area contributed by atoms with E-state index in [9.17, 15) is 0 Å². The van der Waals surface area contributed by atoms with Gasteiger partial charge in [0.25, 0.3) is 0 Å². The van der Waals surface area contributed by atoms with Crippen molar-refractivity contribution in [1.82, 2.24) is 5.32 Å². The summed E-state index contributed by atoms with van der Waals surface area (Å²) >= 11 is 0. The molecule has 1 N–H and O–H groups in total. The highest BCUT2D eigenvalue weighted by atomic mass is 14.9. The van der Waals surface area contributed by atoms with Crippen molar-refractivity contribution in [1.29, 1.82) is 0 Å². The lowest BCUT2D eigenvalue weighted by atomic mass is 9.82. The molecule has 0 aromatic carbocycles. The SMILES string of the molecule is CC1CCCC(C=CCCNC(C)C)C1. The fourth-order valence-corrected chi connectivity index (χ4v) is 2.40. The van der Waals surface area contributed by atoms with Crippen LogP contribution < -0.4 is 5.32 Å². The number of nitrogens with one attached hydrogen (secondary N) is 1. The van der Waals surface area contributed by atoms with Crippen molar-refractivity contribution in [3.8, 4) is 0 Å². The van der Waals surface area contributed by atoms with Gasteiger partial charge >= 0.3 is 0 Å². The molecular weight excluding hydrogens is 182 g/mol. The van der Waals surface area contributed by atoms with E-state index in [4.69, 9.17) is 0 Å². The number of hydrogen-bond acceptors (Lipinski definition) is 1. The van der Waals surface area contributed by atoms with Gasteiger partial charge in [0.15, 0.2) is 0 Å². The number of hydrogen-bond donors (Lipinski definition) is 1. The van der Waals surface area contributed by atoms with Crippen molar-refractivity contribution < 1.29 is 0 Å². The Hall–Kier alpha value is -0.300. The third-order valence-electron chi connectivity index (χ3n) is 3.25. The van der Waals surface area contributed by atoms with Crippen molar-refractivity contribution in [2.24, 2.45) is 11.8 Å². The largest absolute Gasteiger partial charge is 0.314 e. The Morgan fingerprint density at radius 1 is 1.33 bits per heavy atom. The molecule has 1 rings (SSSR count). The Labute approximate surface area is 95.3 Å². The van der Waals surface area contributed by atoms with Crippen LogP contribution in [-0.4, -0.2) is 12.6 Å². The van der Waals surface area contributed by atoms with E-state index in [2.05, 4.69) is 38.2 Å². The molecule has 2 unspecified atom stereocenters.